The number of amides is 1. The van der Waals surface area contributed by atoms with Crippen LogP contribution in [-0.2, 0) is 4.79 Å². The van der Waals surface area contributed by atoms with Crippen molar-refractivity contribution in [2.45, 2.75) is 44.4 Å². The van der Waals surface area contributed by atoms with Crippen LogP contribution in [0.25, 0.3) is 0 Å². The van der Waals surface area contributed by atoms with Gasteiger partial charge in [-0.3, -0.25) is 9.69 Å². The number of nitrogens with two attached hydrogens (primary N) is 1. The van der Waals surface area contributed by atoms with E-state index in [1.807, 2.05) is 18.7 Å². The molecule has 1 fully saturated rings. The molecule has 3 N–H and O–H groups in total. The molecular weight excluding hydrogens is 258 g/mol. The first kappa shape index (κ1) is 16.8. The Bertz CT molecular complexity index is 282. The van der Waals surface area contributed by atoms with E-state index < -0.39 is 0 Å². The molecule has 0 spiro atoms. The summed E-state index contributed by atoms with van der Waals surface area (Å²) in [5.74, 6) is 0.650. The zero-order valence-electron chi connectivity index (χ0n) is 12.7. The van der Waals surface area contributed by atoms with Gasteiger partial charge >= 0.3 is 0 Å². The minimum Gasteiger partial charge on any atom is -0.354 e. The zero-order chi connectivity index (χ0) is 14.5. The highest BCUT2D eigenvalue weighted by molar-refractivity contribution is 8.00. The number of likely N-dealkylation sites (tertiary alicyclic amines) is 1. The largest absolute Gasteiger partial charge is 0.354 e. The molecule has 1 amide bonds. The Labute approximate surface area is 121 Å². The Morgan fingerprint density at radius 1 is 1.37 bits per heavy atom. The monoisotopic (exact) mass is 287 g/mol. The summed E-state index contributed by atoms with van der Waals surface area (Å²) in [5.41, 5.74) is 5.89. The highest BCUT2D eigenvalue weighted by atomic mass is 32.2. The Morgan fingerprint density at radius 3 is 2.37 bits per heavy atom. The van der Waals surface area contributed by atoms with Gasteiger partial charge in [-0.15, -0.1) is 0 Å². The van der Waals surface area contributed by atoms with Crippen molar-refractivity contribution in [1.29, 1.82) is 0 Å². The lowest BCUT2D eigenvalue weighted by Gasteiger charge is -2.42. The maximum Gasteiger partial charge on any atom is 0.237 e. The molecule has 1 rings (SSSR count). The smallest absolute Gasteiger partial charge is 0.237 e. The van der Waals surface area contributed by atoms with Crippen molar-refractivity contribution in [3.05, 3.63) is 0 Å². The van der Waals surface area contributed by atoms with Crippen LogP contribution in [0, 0.1) is 5.92 Å². The van der Waals surface area contributed by atoms with Crippen molar-refractivity contribution in [1.82, 2.24) is 10.2 Å². The first-order valence-corrected chi connectivity index (χ1v) is 8.43. The fourth-order valence-electron chi connectivity index (χ4n) is 2.43. The molecule has 5 heteroatoms. The molecule has 1 unspecified atom stereocenters. The SMILES string of the molecule is CSC1(CN)CCN(C(C)C(=O)NCC(C)C)CC1. The van der Waals surface area contributed by atoms with Gasteiger partial charge in [-0.2, -0.15) is 11.8 Å². The number of nitrogens with one attached hydrogen (secondary N) is 1. The molecule has 0 aliphatic carbocycles. The molecule has 0 aromatic heterocycles. The van der Waals surface area contributed by atoms with Crippen LogP contribution < -0.4 is 11.1 Å². The molecule has 0 saturated carbocycles. The number of carbonyl (C=O) groups excluding carboxylic acids is 1. The third kappa shape index (κ3) is 4.65. The van der Waals surface area contributed by atoms with E-state index in [9.17, 15) is 4.79 Å². The average molecular weight is 287 g/mol. The lowest BCUT2D eigenvalue weighted by molar-refractivity contribution is -0.126. The summed E-state index contributed by atoms with van der Waals surface area (Å²) in [5, 5.41) is 3.02. The van der Waals surface area contributed by atoms with Gasteiger partial charge in [-0.05, 0) is 31.9 Å². The quantitative estimate of drug-likeness (QED) is 0.773. The highest BCUT2D eigenvalue weighted by Gasteiger charge is 2.35. The van der Waals surface area contributed by atoms with E-state index in [2.05, 4.69) is 30.3 Å². The standard InChI is InChI=1S/C14H29N3OS/c1-11(2)9-16-13(18)12(3)17-7-5-14(10-15,19-4)6-8-17/h11-12H,5-10,15H2,1-4H3,(H,16,18). The third-order valence-corrected chi connectivity index (χ3v) is 5.57. The lowest BCUT2D eigenvalue weighted by atomic mass is 9.94. The van der Waals surface area contributed by atoms with Gasteiger partial charge in [0, 0.05) is 30.9 Å². The van der Waals surface area contributed by atoms with Crippen LogP contribution >= 0.6 is 11.8 Å². The number of rotatable bonds is 6. The maximum atomic E-state index is 12.1. The Hall–Kier alpha value is -0.260. The van der Waals surface area contributed by atoms with Crippen LogP contribution in [0.4, 0.5) is 0 Å². The first-order chi connectivity index (χ1) is 8.94. The molecule has 112 valence electrons. The predicted octanol–water partition coefficient (Wildman–Crippen LogP) is 1.30. The van der Waals surface area contributed by atoms with Crippen LogP contribution in [0.3, 0.4) is 0 Å². The van der Waals surface area contributed by atoms with Crippen LogP contribution in [0.2, 0.25) is 0 Å². The topological polar surface area (TPSA) is 58.4 Å². The minimum atomic E-state index is -0.0311. The van der Waals surface area contributed by atoms with Gasteiger partial charge in [0.05, 0.1) is 6.04 Å². The van der Waals surface area contributed by atoms with Crippen LogP contribution in [-0.4, -0.2) is 54.0 Å². The highest BCUT2D eigenvalue weighted by Crippen LogP contribution is 2.33. The molecule has 0 radical (unpaired) electrons. The lowest BCUT2D eigenvalue weighted by Crippen LogP contribution is -2.53. The molecule has 1 atom stereocenters. The summed E-state index contributed by atoms with van der Waals surface area (Å²) >= 11 is 1.88. The summed E-state index contributed by atoms with van der Waals surface area (Å²) in [6, 6.07) is -0.0311. The molecular formula is C14H29N3OS. The van der Waals surface area contributed by atoms with Crippen molar-refractivity contribution in [2.24, 2.45) is 11.7 Å². The van der Waals surface area contributed by atoms with E-state index in [0.29, 0.717) is 5.92 Å². The van der Waals surface area contributed by atoms with E-state index in [-0.39, 0.29) is 16.7 Å². The fraction of sp³-hybridized carbons (Fsp3) is 0.929. The normalized spacial score (nSPS) is 21.4. The van der Waals surface area contributed by atoms with E-state index in [4.69, 9.17) is 5.73 Å². The molecule has 0 aromatic rings. The summed E-state index contributed by atoms with van der Waals surface area (Å²) in [6.07, 6.45) is 4.29. The Balaban J connectivity index is 2.44. The Kier molecular flexibility index (Phi) is 6.63. The molecule has 19 heavy (non-hydrogen) atoms. The van der Waals surface area contributed by atoms with Crippen molar-refractivity contribution in [3.63, 3.8) is 0 Å². The summed E-state index contributed by atoms with van der Waals surface area (Å²) in [7, 11) is 0. The molecule has 1 saturated heterocycles. The predicted molar refractivity (Wildman–Crippen MR) is 83.4 cm³/mol. The summed E-state index contributed by atoms with van der Waals surface area (Å²) in [6.45, 7) is 9.65. The molecule has 1 aliphatic rings. The fourth-order valence-corrected chi connectivity index (χ4v) is 3.19. The third-order valence-electron chi connectivity index (χ3n) is 4.13. The van der Waals surface area contributed by atoms with Crippen molar-refractivity contribution in [3.8, 4) is 0 Å². The van der Waals surface area contributed by atoms with Crippen molar-refractivity contribution in [2.75, 3.05) is 32.4 Å². The Morgan fingerprint density at radius 2 is 1.95 bits per heavy atom. The van der Waals surface area contributed by atoms with Gasteiger partial charge in [0.25, 0.3) is 0 Å². The number of nitrogens with zero attached hydrogens (tertiary/aromatic N) is 1. The molecule has 4 nitrogen and oxygen atoms in total. The van der Waals surface area contributed by atoms with Crippen LogP contribution in [0.5, 0.6) is 0 Å². The second-order valence-electron chi connectivity index (χ2n) is 5.94. The zero-order valence-corrected chi connectivity index (χ0v) is 13.6. The van der Waals surface area contributed by atoms with Gasteiger partial charge in [0.2, 0.25) is 5.91 Å². The van der Waals surface area contributed by atoms with Gasteiger partial charge in [0.1, 0.15) is 0 Å². The van der Waals surface area contributed by atoms with E-state index in [1.54, 1.807) is 0 Å². The molecule has 0 bridgehead atoms. The van der Waals surface area contributed by atoms with E-state index in [1.165, 1.54) is 0 Å². The van der Waals surface area contributed by atoms with Gasteiger partial charge < -0.3 is 11.1 Å². The number of carbonyl (C=O) groups is 1. The van der Waals surface area contributed by atoms with Gasteiger partial charge in [-0.1, -0.05) is 13.8 Å². The number of hydrogen-bond donors (Lipinski definition) is 2. The van der Waals surface area contributed by atoms with E-state index >= 15 is 0 Å². The number of hydrogen-bond acceptors (Lipinski definition) is 4. The maximum absolute atomic E-state index is 12.1. The second-order valence-corrected chi connectivity index (χ2v) is 7.22. The summed E-state index contributed by atoms with van der Waals surface area (Å²) < 4.78 is 0.227. The molecule has 1 heterocycles. The number of thioether (sulfide) groups is 1. The van der Waals surface area contributed by atoms with Crippen LogP contribution in [0.1, 0.15) is 33.6 Å². The minimum absolute atomic E-state index is 0.0311. The molecule has 1 aliphatic heterocycles. The average Bonchev–Trinajstić information content (AvgIpc) is 2.44. The van der Waals surface area contributed by atoms with Gasteiger partial charge in [-0.25, -0.2) is 0 Å². The van der Waals surface area contributed by atoms with Gasteiger partial charge in [0.15, 0.2) is 0 Å². The summed E-state index contributed by atoms with van der Waals surface area (Å²) in [4.78, 5) is 14.3. The van der Waals surface area contributed by atoms with Crippen molar-refractivity contribution >= 4 is 17.7 Å². The van der Waals surface area contributed by atoms with E-state index in [0.717, 1.165) is 39.0 Å². The number of piperidine rings is 1. The second kappa shape index (κ2) is 7.50. The van der Waals surface area contributed by atoms with Crippen molar-refractivity contribution < 1.29 is 4.79 Å². The van der Waals surface area contributed by atoms with Crippen LogP contribution in [0.15, 0.2) is 0 Å². The molecule has 0 aromatic carbocycles. The first-order valence-electron chi connectivity index (χ1n) is 7.21.